The molecule has 0 unspecified atom stereocenters. The van der Waals surface area contributed by atoms with Gasteiger partial charge in [-0.05, 0) is 23.8 Å². The molecule has 2 rings (SSSR count). The van der Waals surface area contributed by atoms with Crippen LogP contribution in [0.2, 0.25) is 15.1 Å². The first-order valence-electron chi connectivity index (χ1n) is 6.15. The van der Waals surface area contributed by atoms with Crippen LogP contribution < -0.4 is 10.1 Å². The highest BCUT2D eigenvalue weighted by molar-refractivity contribution is 6.42. The number of benzene rings is 2. The summed E-state index contributed by atoms with van der Waals surface area (Å²) >= 11 is 17.8. The SMILES string of the molecule is O=C(COc1cccc(Cl)c1Cl)NCc1ccccc1Cl. The number of nitrogens with one attached hydrogen (secondary N) is 1. The minimum Gasteiger partial charge on any atom is -0.482 e. The van der Waals surface area contributed by atoms with Crippen molar-refractivity contribution < 1.29 is 9.53 Å². The fraction of sp³-hybridized carbons (Fsp3) is 0.133. The highest BCUT2D eigenvalue weighted by atomic mass is 35.5. The second kappa shape index (κ2) is 7.55. The van der Waals surface area contributed by atoms with E-state index in [0.29, 0.717) is 22.3 Å². The number of carbonyl (C=O) groups is 1. The molecule has 1 N–H and O–H groups in total. The Bertz CT molecular complexity index is 647. The van der Waals surface area contributed by atoms with Crippen LogP contribution in [-0.2, 0) is 11.3 Å². The van der Waals surface area contributed by atoms with Crippen LogP contribution in [-0.4, -0.2) is 12.5 Å². The standard InChI is InChI=1S/C15H12Cl3NO2/c16-11-5-2-1-4-10(11)8-19-14(20)9-21-13-7-3-6-12(17)15(13)18/h1-7H,8-9H2,(H,19,20). The Morgan fingerprint density at radius 2 is 1.71 bits per heavy atom. The predicted octanol–water partition coefficient (Wildman–Crippen LogP) is 4.34. The van der Waals surface area contributed by atoms with E-state index < -0.39 is 0 Å². The Morgan fingerprint density at radius 1 is 1.00 bits per heavy atom. The Morgan fingerprint density at radius 3 is 2.48 bits per heavy atom. The van der Waals surface area contributed by atoms with Crippen molar-refractivity contribution >= 4 is 40.7 Å². The molecule has 2 aromatic rings. The van der Waals surface area contributed by atoms with Crippen molar-refractivity contribution in [2.45, 2.75) is 6.54 Å². The Labute approximate surface area is 137 Å². The van der Waals surface area contributed by atoms with Crippen molar-refractivity contribution in [3.63, 3.8) is 0 Å². The first kappa shape index (κ1) is 16.0. The molecule has 0 spiro atoms. The maximum Gasteiger partial charge on any atom is 0.258 e. The average Bonchev–Trinajstić information content (AvgIpc) is 2.48. The van der Waals surface area contributed by atoms with Gasteiger partial charge in [0.1, 0.15) is 10.8 Å². The summed E-state index contributed by atoms with van der Waals surface area (Å²) in [7, 11) is 0. The van der Waals surface area contributed by atoms with Crippen molar-refractivity contribution in [1.82, 2.24) is 5.32 Å². The number of amides is 1. The largest absolute Gasteiger partial charge is 0.482 e. The molecule has 2 aromatic carbocycles. The molecule has 0 radical (unpaired) electrons. The maximum atomic E-state index is 11.7. The number of ether oxygens (including phenoxy) is 1. The molecule has 0 aliphatic rings. The zero-order valence-corrected chi connectivity index (χ0v) is 13.2. The third-order valence-corrected chi connectivity index (χ3v) is 3.88. The molecule has 0 heterocycles. The van der Waals surface area contributed by atoms with Gasteiger partial charge in [-0.3, -0.25) is 4.79 Å². The second-order valence-corrected chi connectivity index (χ2v) is 5.40. The van der Waals surface area contributed by atoms with Crippen LogP contribution in [0, 0.1) is 0 Å². The monoisotopic (exact) mass is 343 g/mol. The molecule has 110 valence electrons. The molecule has 0 atom stereocenters. The minimum atomic E-state index is -0.272. The van der Waals surface area contributed by atoms with E-state index >= 15 is 0 Å². The van der Waals surface area contributed by atoms with E-state index in [2.05, 4.69) is 5.32 Å². The lowest BCUT2D eigenvalue weighted by atomic mass is 10.2. The number of halogens is 3. The topological polar surface area (TPSA) is 38.3 Å². The second-order valence-electron chi connectivity index (χ2n) is 4.21. The number of hydrogen-bond donors (Lipinski definition) is 1. The lowest BCUT2D eigenvalue weighted by Gasteiger charge is -2.10. The van der Waals surface area contributed by atoms with Crippen molar-refractivity contribution in [3.05, 3.63) is 63.1 Å². The maximum absolute atomic E-state index is 11.7. The van der Waals surface area contributed by atoms with Gasteiger partial charge in [0, 0.05) is 11.6 Å². The number of hydrogen-bond acceptors (Lipinski definition) is 2. The van der Waals surface area contributed by atoms with Gasteiger partial charge >= 0.3 is 0 Å². The third-order valence-electron chi connectivity index (χ3n) is 2.71. The Hall–Kier alpha value is -1.42. The molecule has 0 aliphatic carbocycles. The molecule has 0 saturated heterocycles. The highest BCUT2D eigenvalue weighted by Gasteiger charge is 2.08. The molecule has 3 nitrogen and oxygen atoms in total. The summed E-state index contributed by atoms with van der Waals surface area (Å²) in [5.41, 5.74) is 0.841. The zero-order valence-electron chi connectivity index (χ0n) is 10.9. The Balaban J connectivity index is 1.85. The molecule has 0 fully saturated rings. The van der Waals surface area contributed by atoms with Crippen LogP contribution in [0.1, 0.15) is 5.56 Å². The van der Waals surface area contributed by atoms with Gasteiger partial charge in [-0.1, -0.05) is 59.1 Å². The molecule has 21 heavy (non-hydrogen) atoms. The summed E-state index contributed by atoms with van der Waals surface area (Å²) in [6.45, 7) is 0.190. The lowest BCUT2D eigenvalue weighted by molar-refractivity contribution is -0.123. The molecule has 1 amide bonds. The van der Waals surface area contributed by atoms with E-state index in [-0.39, 0.29) is 17.5 Å². The average molecular weight is 345 g/mol. The van der Waals surface area contributed by atoms with Gasteiger partial charge in [0.05, 0.1) is 5.02 Å². The van der Waals surface area contributed by atoms with E-state index in [0.717, 1.165) is 5.56 Å². The quantitative estimate of drug-likeness (QED) is 0.876. The zero-order chi connectivity index (χ0) is 15.2. The fourth-order valence-corrected chi connectivity index (χ4v) is 2.17. The summed E-state index contributed by atoms with van der Waals surface area (Å²) in [5.74, 6) is 0.100. The van der Waals surface area contributed by atoms with Crippen molar-refractivity contribution in [2.24, 2.45) is 0 Å². The van der Waals surface area contributed by atoms with Crippen molar-refractivity contribution in [2.75, 3.05) is 6.61 Å². The van der Waals surface area contributed by atoms with E-state index in [1.54, 1.807) is 24.3 Å². The van der Waals surface area contributed by atoms with Crippen LogP contribution in [0.25, 0.3) is 0 Å². The van der Waals surface area contributed by atoms with E-state index in [9.17, 15) is 4.79 Å². The van der Waals surface area contributed by atoms with Gasteiger partial charge in [-0.25, -0.2) is 0 Å². The third kappa shape index (κ3) is 4.53. The van der Waals surface area contributed by atoms with Crippen LogP contribution in [0.5, 0.6) is 5.75 Å². The first-order chi connectivity index (χ1) is 10.1. The summed E-state index contributed by atoms with van der Waals surface area (Å²) < 4.78 is 5.34. The summed E-state index contributed by atoms with van der Waals surface area (Å²) in [5, 5.41) is 4.00. The molecule has 0 aliphatic heterocycles. The molecule has 0 bridgehead atoms. The Kier molecular flexibility index (Phi) is 5.74. The summed E-state index contributed by atoms with van der Waals surface area (Å²) in [6, 6.07) is 12.3. The van der Waals surface area contributed by atoms with Gasteiger partial charge in [0.15, 0.2) is 6.61 Å². The molecule has 0 saturated carbocycles. The number of rotatable bonds is 5. The van der Waals surface area contributed by atoms with E-state index in [4.69, 9.17) is 39.5 Å². The van der Waals surface area contributed by atoms with Gasteiger partial charge < -0.3 is 10.1 Å². The van der Waals surface area contributed by atoms with Gasteiger partial charge in [-0.15, -0.1) is 0 Å². The van der Waals surface area contributed by atoms with Crippen LogP contribution in [0.15, 0.2) is 42.5 Å². The number of carbonyl (C=O) groups excluding carboxylic acids is 1. The van der Waals surface area contributed by atoms with Crippen LogP contribution in [0.4, 0.5) is 0 Å². The van der Waals surface area contributed by atoms with Crippen LogP contribution >= 0.6 is 34.8 Å². The minimum absolute atomic E-state index is 0.148. The van der Waals surface area contributed by atoms with Gasteiger partial charge in [0.25, 0.3) is 5.91 Å². The molecule has 6 heteroatoms. The lowest BCUT2D eigenvalue weighted by Crippen LogP contribution is -2.28. The molecule has 0 aromatic heterocycles. The molecular formula is C15H12Cl3NO2. The highest BCUT2D eigenvalue weighted by Crippen LogP contribution is 2.31. The fourth-order valence-electron chi connectivity index (χ4n) is 1.63. The smallest absolute Gasteiger partial charge is 0.258 e. The normalized spacial score (nSPS) is 10.2. The predicted molar refractivity (Wildman–Crippen MR) is 85.3 cm³/mol. The van der Waals surface area contributed by atoms with Gasteiger partial charge in [-0.2, -0.15) is 0 Å². The van der Waals surface area contributed by atoms with Crippen molar-refractivity contribution in [1.29, 1.82) is 0 Å². The molecular weight excluding hydrogens is 333 g/mol. The van der Waals surface area contributed by atoms with Gasteiger partial charge in [0.2, 0.25) is 0 Å². The summed E-state index contributed by atoms with van der Waals surface area (Å²) in [4.78, 5) is 11.7. The van der Waals surface area contributed by atoms with Crippen LogP contribution in [0.3, 0.4) is 0 Å². The van der Waals surface area contributed by atoms with E-state index in [1.807, 2.05) is 18.2 Å². The first-order valence-corrected chi connectivity index (χ1v) is 7.28. The van der Waals surface area contributed by atoms with E-state index in [1.165, 1.54) is 0 Å². The summed E-state index contributed by atoms with van der Waals surface area (Å²) in [6.07, 6.45) is 0. The van der Waals surface area contributed by atoms with Crippen molar-refractivity contribution in [3.8, 4) is 5.75 Å².